The van der Waals surface area contributed by atoms with Gasteiger partial charge < -0.3 is 51.1 Å². The van der Waals surface area contributed by atoms with Gasteiger partial charge in [0.2, 0.25) is 5.91 Å². The number of aliphatic hydroxyl groups excluding tert-OH is 2. The Morgan fingerprint density at radius 2 is 1.27 bits per heavy atom. The number of aliphatic carboxylic acids is 1. The van der Waals surface area contributed by atoms with Crippen molar-refractivity contribution in [3.05, 3.63) is 47.5 Å². The van der Waals surface area contributed by atoms with Gasteiger partial charge in [-0.3, -0.25) is 9.59 Å². The van der Waals surface area contributed by atoms with E-state index in [0.29, 0.717) is 34.1 Å². The third-order valence-corrected chi connectivity index (χ3v) is 4.80. The second-order valence-corrected chi connectivity index (χ2v) is 7.24. The Labute approximate surface area is 217 Å². The van der Waals surface area contributed by atoms with Crippen molar-refractivity contribution in [3.8, 4) is 23.0 Å². The lowest BCUT2D eigenvalue weighted by molar-refractivity contribution is -0.136. The minimum atomic E-state index is -0.884. The van der Waals surface area contributed by atoms with E-state index in [4.69, 9.17) is 35.5 Å². The van der Waals surface area contributed by atoms with E-state index in [-0.39, 0.29) is 32.0 Å². The third-order valence-electron chi connectivity index (χ3n) is 4.80. The third kappa shape index (κ3) is 12.3. The number of carbonyl (C=O) groups is 2. The summed E-state index contributed by atoms with van der Waals surface area (Å²) in [7, 11) is 6.17. The molecule has 0 aliphatic heterocycles. The number of carboxylic acid groups (broad SMARTS) is 1. The summed E-state index contributed by atoms with van der Waals surface area (Å²) in [6.45, 7) is 1.72. The first kappa shape index (κ1) is 33.4. The fourth-order valence-electron chi connectivity index (χ4n) is 2.72. The van der Waals surface area contributed by atoms with Crippen LogP contribution < -0.4 is 35.7 Å². The van der Waals surface area contributed by atoms with E-state index in [1.807, 2.05) is 0 Å². The molecular weight excluding hydrogens is 486 g/mol. The van der Waals surface area contributed by atoms with Gasteiger partial charge in [0.1, 0.15) is 23.0 Å². The van der Waals surface area contributed by atoms with Gasteiger partial charge in [0.05, 0.1) is 47.2 Å². The van der Waals surface area contributed by atoms with E-state index in [1.54, 1.807) is 57.5 Å². The van der Waals surface area contributed by atoms with Gasteiger partial charge in [-0.25, -0.2) is 0 Å². The van der Waals surface area contributed by atoms with Gasteiger partial charge in [0.15, 0.2) is 0 Å². The van der Waals surface area contributed by atoms with Crippen molar-refractivity contribution in [1.82, 2.24) is 5.32 Å². The summed E-state index contributed by atoms with van der Waals surface area (Å²) in [6.07, 6.45) is -1.38. The van der Waals surface area contributed by atoms with Gasteiger partial charge in [-0.1, -0.05) is 6.92 Å². The molecule has 8 N–H and O–H groups in total. The molecule has 0 saturated heterocycles. The molecule has 1 amide bonds. The molecule has 2 aromatic rings. The Kier molecular flexibility index (Phi) is 16.9. The van der Waals surface area contributed by atoms with Crippen LogP contribution in [0.1, 0.15) is 36.7 Å². The van der Waals surface area contributed by atoms with Crippen LogP contribution in [0.5, 0.6) is 23.0 Å². The Bertz CT molecular complexity index is 957. The zero-order valence-electron chi connectivity index (χ0n) is 21.9. The predicted molar refractivity (Wildman–Crippen MR) is 138 cm³/mol. The van der Waals surface area contributed by atoms with Crippen LogP contribution >= 0.6 is 0 Å². The number of carbonyl (C=O) groups excluding carboxylic acids is 1. The van der Waals surface area contributed by atoms with Crippen LogP contribution in [0.3, 0.4) is 0 Å². The van der Waals surface area contributed by atoms with Crippen molar-refractivity contribution in [1.29, 1.82) is 0 Å². The first-order valence-electron chi connectivity index (χ1n) is 11.3. The zero-order valence-corrected chi connectivity index (χ0v) is 21.9. The first-order chi connectivity index (χ1) is 17.6. The predicted octanol–water partition coefficient (Wildman–Crippen LogP) is 0.989. The highest BCUT2D eigenvalue weighted by atomic mass is 16.5. The van der Waals surface area contributed by atoms with Crippen molar-refractivity contribution in [2.75, 3.05) is 48.1 Å². The summed E-state index contributed by atoms with van der Waals surface area (Å²) >= 11 is 0. The molecule has 0 fully saturated rings. The van der Waals surface area contributed by atoms with Crippen molar-refractivity contribution in [2.45, 2.75) is 25.6 Å². The topological polar surface area (TPSA) is 196 Å². The number of hydrogen-bond acceptors (Lipinski definition) is 10. The fourth-order valence-corrected chi connectivity index (χ4v) is 2.72. The maximum absolute atomic E-state index is 11.0. The summed E-state index contributed by atoms with van der Waals surface area (Å²) in [4.78, 5) is 20.4. The highest BCUT2D eigenvalue weighted by Crippen LogP contribution is 2.29. The van der Waals surface area contributed by atoms with Crippen LogP contribution in [0.25, 0.3) is 0 Å². The molecule has 12 heteroatoms. The monoisotopic (exact) mass is 525 g/mol. The number of benzene rings is 2. The number of rotatable bonds is 11. The van der Waals surface area contributed by atoms with E-state index in [0.717, 1.165) is 0 Å². The molecule has 0 spiro atoms. The lowest BCUT2D eigenvalue weighted by atomic mass is 10.1. The Hall–Kier alpha value is -3.58. The summed E-state index contributed by atoms with van der Waals surface area (Å²) in [5, 5.41) is 29.8. The molecule has 2 rings (SSSR count). The highest BCUT2D eigenvalue weighted by molar-refractivity contribution is 5.77. The molecule has 0 saturated carbocycles. The standard InChI is InChI=1S/C12H18N2O4.C10H15NO3.C3H6O2/c1-17-8-3-4-11(18-2)9(5-8)10(15)7-14-12(16)6-13;1-13-7-3-4-10(14-2)8(5-7)9(12)6-11;1-2-3(4)5/h3-5,10,15H,6-7,13H2,1-2H3,(H,14,16);3-5,9,12H,6,11H2,1-2H3;2H2,1H3,(H,4,5). The second-order valence-electron chi connectivity index (χ2n) is 7.24. The van der Waals surface area contributed by atoms with Gasteiger partial charge in [-0.05, 0) is 36.4 Å². The summed E-state index contributed by atoms with van der Waals surface area (Å²) in [6, 6.07) is 10.3. The molecule has 0 aromatic heterocycles. The lowest BCUT2D eigenvalue weighted by Crippen LogP contribution is -2.33. The van der Waals surface area contributed by atoms with E-state index >= 15 is 0 Å². The van der Waals surface area contributed by atoms with Gasteiger partial charge in [0.25, 0.3) is 0 Å². The van der Waals surface area contributed by atoms with Crippen LogP contribution in [0.2, 0.25) is 0 Å². The normalized spacial score (nSPS) is 11.4. The largest absolute Gasteiger partial charge is 0.497 e. The molecule has 2 atom stereocenters. The van der Waals surface area contributed by atoms with Crippen molar-refractivity contribution < 1.29 is 43.9 Å². The molecule has 0 aliphatic carbocycles. The van der Waals surface area contributed by atoms with E-state index < -0.39 is 18.2 Å². The van der Waals surface area contributed by atoms with Crippen molar-refractivity contribution in [3.63, 3.8) is 0 Å². The first-order valence-corrected chi connectivity index (χ1v) is 11.3. The SMILES string of the molecule is CCC(=O)O.COc1ccc(OC)c(C(O)CN)c1.COc1ccc(OC)c(C(O)CNC(=O)CN)c1. The number of amides is 1. The Morgan fingerprint density at radius 3 is 1.59 bits per heavy atom. The maximum atomic E-state index is 11.0. The van der Waals surface area contributed by atoms with Gasteiger partial charge in [-0.2, -0.15) is 0 Å². The average Bonchev–Trinajstić information content (AvgIpc) is 2.94. The molecule has 37 heavy (non-hydrogen) atoms. The van der Waals surface area contributed by atoms with Crippen LogP contribution in [-0.2, 0) is 9.59 Å². The van der Waals surface area contributed by atoms with E-state index in [1.165, 1.54) is 14.2 Å². The summed E-state index contributed by atoms with van der Waals surface area (Å²) in [5.74, 6) is 1.36. The van der Waals surface area contributed by atoms with Gasteiger partial charge in [0, 0.05) is 30.6 Å². The Morgan fingerprint density at radius 1 is 0.838 bits per heavy atom. The maximum Gasteiger partial charge on any atom is 0.303 e. The van der Waals surface area contributed by atoms with Crippen molar-refractivity contribution >= 4 is 11.9 Å². The van der Waals surface area contributed by atoms with Crippen LogP contribution in [0.15, 0.2) is 36.4 Å². The molecule has 0 aliphatic rings. The number of aliphatic hydroxyl groups is 2. The molecule has 2 aromatic carbocycles. The van der Waals surface area contributed by atoms with E-state index in [2.05, 4.69) is 5.32 Å². The Balaban J connectivity index is 0.000000605. The second kappa shape index (κ2) is 18.7. The number of ether oxygens (including phenoxy) is 4. The fraction of sp³-hybridized carbons (Fsp3) is 0.440. The van der Waals surface area contributed by atoms with Crippen molar-refractivity contribution in [2.24, 2.45) is 11.5 Å². The lowest BCUT2D eigenvalue weighted by Gasteiger charge is -2.16. The number of hydrogen-bond donors (Lipinski definition) is 6. The summed E-state index contributed by atoms with van der Waals surface area (Å²) in [5.41, 5.74) is 11.7. The molecule has 208 valence electrons. The van der Waals surface area contributed by atoms with Crippen LogP contribution in [-0.4, -0.2) is 75.3 Å². The minimum absolute atomic E-state index is 0.0690. The number of nitrogens with one attached hydrogen (secondary N) is 1. The number of methoxy groups -OCH3 is 4. The van der Waals surface area contributed by atoms with Gasteiger partial charge in [-0.15, -0.1) is 0 Å². The molecule has 2 unspecified atom stereocenters. The molecule has 12 nitrogen and oxygen atoms in total. The summed E-state index contributed by atoms with van der Waals surface area (Å²) < 4.78 is 20.4. The minimum Gasteiger partial charge on any atom is -0.497 e. The van der Waals surface area contributed by atoms with Crippen LogP contribution in [0, 0.1) is 0 Å². The smallest absolute Gasteiger partial charge is 0.303 e. The van der Waals surface area contributed by atoms with Gasteiger partial charge >= 0.3 is 5.97 Å². The molecular formula is C25H39N3O9. The van der Waals surface area contributed by atoms with Crippen LogP contribution in [0.4, 0.5) is 0 Å². The highest BCUT2D eigenvalue weighted by Gasteiger charge is 2.15. The quantitative estimate of drug-likeness (QED) is 0.245. The van der Waals surface area contributed by atoms with E-state index in [9.17, 15) is 19.8 Å². The number of carboxylic acids is 1. The number of nitrogens with two attached hydrogens (primary N) is 2. The zero-order chi connectivity index (χ0) is 28.4. The average molecular weight is 526 g/mol. The molecule has 0 bridgehead atoms. The molecule has 0 radical (unpaired) electrons. The molecule has 0 heterocycles.